The fourth-order valence-corrected chi connectivity index (χ4v) is 2.44. The highest BCUT2D eigenvalue weighted by atomic mass is 16.1. The lowest BCUT2D eigenvalue weighted by atomic mass is 10.1. The van der Waals surface area contributed by atoms with Crippen molar-refractivity contribution in [2.24, 2.45) is 11.8 Å². The molecule has 2 unspecified atom stereocenters. The number of aryl methyl sites for hydroxylation is 1. The number of nitrogens with one attached hydrogen (secondary N) is 1. The Morgan fingerprint density at radius 2 is 2.11 bits per heavy atom. The van der Waals surface area contributed by atoms with Crippen LogP contribution in [0.1, 0.15) is 29.3 Å². The van der Waals surface area contributed by atoms with Crippen molar-refractivity contribution in [1.82, 2.24) is 5.32 Å². The van der Waals surface area contributed by atoms with E-state index in [-0.39, 0.29) is 5.91 Å². The monoisotopic (exact) mass is 239 g/mol. The minimum atomic E-state index is 0.00449. The Hall–Kier alpha value is -1.83. The van der Waals surface area contributed by atoms with Crippen LogP contribution < -0.4 is 5.32 Å². The second kappa shape index (κ2) is 4.45. The van der Waals surface area contributed by atoms with Crippen LogP contribution in [0.25, 0.3) is 0 Å². The first kappa shape index (κ1) is 11.3. The molecule has 2 atom stereocenters. The standard InChI is InChI=1S/C16H17NO/c1-2-11-6-8-12(9-7-11)16(18)17-15-5-3-4-13-10-14(13)15/h3-9,13-14H,2,10H2,1H3,(H,17,18). The van der Waals surface area contributed by atoms with Crippen LogP contribution in [0.5, 0.6) is 0 Å². The maximum atomic E-state index is 12.1. The molecule has 92 valence electrons. The van der Waals surface area contributed by atoms with Gasteiger partial charge in [-0.3, -0.25) is 4.79 Å². The second-order valence-corrected chi connectivity index (χ2v) is 5.02. The summed E-state index contributed by atoms with van der Waals surface area (Å²) in [6.07, 6.45) is 8.46. The van der Waals surface area contributed by atoms with Gasteiger partial charge in [0, 0.05) is 17.2 Å². The second-order valence-electron chi connectivity index (χ2n) is 5.02. The molecular weight excluding hydrogens is 222 g/mol. The van der Waals surface area contributed by atoms with Gasteiger partial charge in [-0.15, -0.1) is 0 Å². The average Bonchev–Trinajstić information content (AvgIpc) is 3.19. The lowest BCUT2D eigenvalue weighted by molar-refractivity contribution is 0.0963. The molecule has 1 fully saturated rings. The van der Waals surface area contributed by atoms with Gasteiger partial charge in [0.15, 0.2) is 0 Å². The van der Waals surface area contributed by atoms with Crippen LogP contribution >= 0.6 is 0 Å². The van der Waals surface area contributed by atoms with E-state index in [1.54, 1.807) is 0 Å². The molecule has 0 saturated heterocycles. The molecule has 18 heavy (non-hydrogen) atoms. The highest BCUT2D eigenvalue weighted by Gasteiger charge is 2.39. The van der Waals surface area contributed by atoms with E-state index < -0.39 is 0 Å². The molecule has 0 radical (unpaired) electrons. The van der Waals surface area contributed by atoms with Crippen molar-refractivity contribution in [2.45, 2.75) is 19.8 Å². The topological polar surface area (TPSA) is 29.1 Å². The minimum Gasteiger partial charge on any atom is -0.325 e. The van der Waals surface area contributed by atoms with E-state index in [4.69, 9.17) is 0 Å². The Balaban J connectivity index is 1.70. The summed E-state index contributed by atoms with van der Waals surface area (Å²) in [5.74, 6) is 1.21. The molecule has 0 spiro atoms. The van der Waals surface area contributed by atoms with Crippen molar-refractivity contribution in [3.05, 3.63) is 59.3 Å². The molecular formula is C16H17NO. The number of rotatable bonds is 3. The molecule has 1 aromatic carbocycles. The first-order valence-corrected chi connectivity index (χ1v) is 6.56. The summed E-state index contributed by atoms with van der Waals surface area (Å²) in [5, 5.41) is 3.03. The van der Waals surface area contributed by atoms with Crippen LogP contribution in [0.15, 0.2) is 48.2 Å². The lowest BCUT2D eigenvalue weighted by Crippen LogP contribution is -2.24. The summed E-state index contributed by atoms with van der Waals surface area (Å²) in [7, 11) is 0. The number of carbonyl (C=O) groups is 1. The van der Waals surface area contributed by atoms with E-state index in [2.05, 4.69) is 18.3 Å². The summed E-state index contributed by atoms with van der Waals surface area (Å²) in [6.45, 7) is 2.11. The third-order valence-electron chi connectivity index (χ3n) is 3.76. The molecule has 1 amide bonds. The predicted octanol–water partition coefficient (Wildman–Crippen LogP) is 3.07. The molecule has 2 heteroatoms. The number of amides is 1. The van der Waals surface area contributed by atoms with Crippen molar-refractivity contribution >= 4 is 5.91 Å². The minimum absolute atomic E-state index is 0.00449. The van der Waals surface area contributed by atoms with E-state index in [0.29, 0.717) is 11.8 Å². The summed E-state index contributed by atoms with van der Waals surface area (Å²) in [5.41, 5.74) is 3.07. The first-order chi connectivity index (χ1) is 8.78. The summed E-state index contributed by atoms with van der Waals surface area (Å²) in [4.78, 5) is 12.1. The molecule has 1 aromatic rings. The van der Waals surface area contributed by atoms with Crippen molar-refractivity contribution in [1.29, 1.82) is 0 Å². The van der Waals surface area contributed by atoms with Crippen molar-refractivity contribution < 1.29 is 4.79 Å². The van der Waals surface area contributed by atoms with Crippen molar-refractivity contribution in [3.63, 3.8) is 0 Å². The van der Waals surface area contributed by atoms with Gasteiger partial charge in [0.05, 0.1) is 0 Å². The third-order valence-corrected chi connectivity index (χ3v) is 3.76. The summed E-state index contributed by atoms with van der Waals surface area (Å²) >= 11 is 0. The number of allylic oxidation sites excluding steroid dienone is 4. The van der Waals surface area contributed by atoms with Crippen LogP contribution in [-0.4, -0.2) is 5.91 Å². The van der Waals surface area contributed by atoms with E-state index >= 15 is 0 Å². The van der Waals surface area contributed by atoms with Crippen LogP contribution in [0.2, 0.25) is 0 Å². The molecule has 3 rings (SSSR count). The van der Waals surface area contributed by atoms with Crippen molar-refractivity contribution in [3.8, 4) is 0 Å². The number of benzene rings is 1. The fraction of sp³-hybridized carbons (Fsp3) is 0.312. The van der Waals surface area contributed by atoms with Crippen LogP contribution in [0.4, 0.5) is 0 Å². The number of hydrogen-bond acceptors (Lipinski definition) is 1. The van der Waals surface area contributed by atoms with Gasteiger partial charge in [-0.1, -0.05) is 31.2 Å². The van der Waals surface area contributed by atoms with Gasteiger partial charge in [-0.2, -0.15) is 0 Å². The van der Waals surface area contributed by atoms with Gasteiger partial charge in [0.25, 0.3) is 5.91 Å². The highest BCUT2D eigenvalue weighted by molar-refractivity contribution is 5.95. The summed E-state index contributed by atoms with van der Waals surface area (Å²) < 4.78 is 0. The van der Waals surface area contributed by atoms with Crippen LogP contribution in [-0.2, 0) is 6.42 Å². The molecule has 2 nitrogen and oxygen atoms in total. The largest absolute Gasteiger partial charge is 0.325 e. The van der Waals surface area contributed by atoms with Gasteiger partial charge in [-0.25, -0.2) is 0 Å². The van der Waals surface area contributed by atoms with Crippen LogP contribution in [0, 0.1) is 11.8 Å². The molecule has 2 aliphatic carbocycles. The Morgan fingerprint density at radius 3 is 2.83 bits per heavy atom. The zero-order valence-electron chi connectivity index (χ0n) is 10.5. The third kappa shape index (κ3) is 2.10. The van der Waals surface area contributed by atoms with E-state index in [1.165, 1.54) is 12.0 Å². The molecule has 2 aliphatic rings. The maximum Gasteiger partial charge on any atom is 0.255 e. The zero-order chi connectivity index (χ0) is 12.5. The molecule has 0 heterocycles. The average molecular weight is 239 g/mol. The number of fused-ring (bicyclic) bond motifs is 1. The smallest absolute Gasteiger partial charge is 0.255 e. The van der Waals surface area contributed by atoms with Gasteiger partial charge < -0.3 is 5.32 Å². The van der Waals surface area contributed by atoms with Crippen LogP contribution in [0.3, 0.4) is 0 Å². The Morgan fingerprint density at radius 1 is 1.33 bits per heavy atom. The van der Waals surface area contributed by atoms with Gasteiger partial charge in [0.1, 0.15) is 0 Å². The van der Waals surface area contributed by atoms with Gasteiger partial charge in [-0.05, 0) is 42.5 Å². The summed E-state index contributed by atoms with van der Waals surface area (Å²) in [6, 6.07) is 7.84. The quantitative estimate of drug-likeness (QED) is 0.863. The fourth-order valence-electron chi connectivity index (χ4n) is 2.44. The molecule has 1 saturated carbocycles. The highest BCUT2D eigenvalue weighted by Crippen LogP contribution is 2.46. The first-order valence-electron chi connectivity index (χ1n) is 6.56. The number of hydrogen-bond donors (Lipinski definition) is 1. The van der Waals surface area contributed by atoms with E-state index in [1.807, 2.05) is 36.4 Å². The van der Waals surface area contributed by atoms with Gasteiger partial charge >= 0.3 is 0 Å². The Bertz CT molecular complexity index is 525. The molecule has 0 aromatic heterocycles. The van der Waals surface area contributed by atoms with Crippen molar-refractivity contribution in [2.75, 3.05) is 0 Å². The zero-order valence-corrected chi connectivity index (χ0v) is 10.5. The molecule has 0 aliphatic heterocycles. The maximum absolute atomic E-state index is 12.1. The lowest BCUT2D eigenvalue weighted by Gasteiger charge is -2.11. The van der Waals surface area contributed by atoms with Gasteiger partial charge in [0.2, 0.25) is 0 Å². The Kier molecular flexibility index (Phi) is 2.78. The Labute approximate surface area is 107 Å². The van der Waals surface area contributed by atoms with E-state index in [9.17, 15) is 4.79 Å². The SMILES string of the molecule is CCc1ccc(C(=O)NC2=CC=CC3CC23)cc1. The normalized spacial score (nSPS) is 24.2. The van der Waals surface area contributed by atoms with E-state index in [0.717, 1.165) is 17.7 Å². The predicted molar refractivity (Wildman–Crippen MR) is 72.1 cm³/mol. The molecule has 0 bridgehead atoms. The molecule has 1 N–H and O–H groups in total. The number of carbonyl (C=O) groups excluding carboxylic acids is 1.